The average Bonchev–Trinajstić information content (AvgIpc) is 3.52. The number of nitrogens with one attached hydrogen (secondary N) is 2. The molecule has 1 saturated heterocycles. The van der Waals surface area contributed by atoms with Gasteiger partial charge in [0, 0.05) is 41.8 Å². The Kier molecular flexibility index (Phi) is 5.43. The minimum atomic E-state index is -3.58. The molecule has 0 radical (unpaired) electrons. The fourth-order valence-corrected chi connectivity index (χ4v) is 5.80. The van der Waals surface area contributed by atoms with Gasteiger partial charge in [-0.25, -0.2) is 13.1 Å². The topological polar surface area (TPSA) is 91.5 Å². The quantitative estimate of drug-likeness (QED) is 0.596. The molecule has 7 nitrogen and oxygen atoms in total. The average molecular weight is 454 g/mol. The Morgan fingerprint density at radius 1 is 1.09 bits per heavy atom. The van der Waals surface area contributed by atoms with Crippen LogP contribution in [-0.4, -0.2) is 50.5 Å². The number of H-pyrrole nitrogens is 1. The van der Waals surface area contributed by atoms with Gasteiger partial charge in [-0.2, -0.15) is 0 Å². The number of rotatable bonds is 6. The Hall–Kier alpha value is -2.84. The number of ether oxygens (including phenoxy) is 1. The Morgan fingerprint density at radius 3 is 2.59 bits per heavy atom. The zero-order chi connectivity index (χ0) is 22.3. The normalized spacial score (nSPS) is 17.6. The summed E-state index contributed by atoms with van der Waals surface area (Å²) < 4.78 is 33.1. The summed E-state index contributed by atoms with van der Waals surface area (Å²) in [6.45, 7) is 1.27. The van der Waals surface area contributed by atoms with E-state index >= 15 is 0 Å². The lowest BCUT2D eigenvalue weighted by Gasteiger charge is -2.32. The lowest BCUT2D eigenvalue weighted by Crippen LogP contribution is -2.38. The van der Waals surface area contributed by atoms with Crippen LogP contribution in [0.2, 0.25) is 0 Å². The highest BCUT2D eigenvalue weighted by Crippen LogP contribution is 2.35. The summed E-state index contributed by atoms with van der Waals surface area (Å²) in [5.41, 5.74) is 2.75. The van der Waals surface area contributed by atoms with Gasteiger partial charge in [0.2, 0.25) is 10.0 Å². The highest BCUT2D eigenvalue weighted by molar-refractivity contribution is 7.89. The van der Waals surface area contributed by atoms with Crippen LogP contribution in [0.25, 0.3) is 10.9 Å². The van der Waals surface area contributed by atoms with Gasteiger partial charge in [0.25, 0.3) is 5.91 Å². The van der Waals surface area contributed by atoms with E-state index in [-0.39, 0.29) is 16.8 Å². The predicted molar refractivity (Wildman–Crippen MR) is 123 cm³/mol. The molecule has 2 N–H and O–H groups in total. The number of carbonyl (C=O) groups excluding carboxylic acids is 1. The number of nitrogens with zero attached hydrogens (tertiary/aromatic N) is 1. The van der Waals surface area contributed by atoms with Crippen molar-refractivity contribution in [2.75, 3.05) is 20.2 Å². The van der Waals surface area contributed by atoms with E-state index in [4.69, 9.17) is 4.74 Å². The highest BCUT2D eigenvalue weighted by atomic mass is 32.2. The number of amides is 1. The molecule has 32 heavy (non-hydrogen) atoms. The standard InChI is InChI=1S/C24H27N3O4S/c1-31-19-7-8-23-21(14-19)22(15-25-23)16-9-11-27(12-10-16)24(28)17-3-2-4-20(13-17)32(29,30)26-18-5-6-18/h2-4,7-8,13-16,18,25-26H,5-6,9-12H2,1H3. The van der Waals surface area contributed by atoms with Crippen molar-refractivity contribution in [1.29, 1.82) is 0 Å². The zero-order valence-corrected chi connectivity index (χ0v) is 18.8. The van der Waals surface area contributed by atoms with Gasteiger partial charge >= 0.3 is 0 Å². The number of carbonyl (C=O) groups is 1. The minimum absolute atomic E-state index is 0.0304. The maximum absolute atomic E-state index is 13.1. The first kappa shape index (κ1) is 21.0. The van der Waals surface area contributed by atoms with Crippen molar-refractivity contribution >= 4 is 26.8 Å². The monoisotopic (exact) mass is 453 g/mol. The number of methoxy groups -OCH3 is 1. The van der Waals surface area contributed by atoms with E-state index in [2.05, 4.69) is 22.0 Å². The van der Waals surface area contributed by atoms with Crippen molar-refractivity contribution in [3.05, 3.63) is 59.8 Å². The molecule has 1 saturated carbocycles. The van der Waals surface area contributed by atoms with Crippen molar-refractivity contribution in [3.63, 3.8) is 0 Å². The number of aromatic nitrogens is 1. The largest absolute Gasteiger partial charge is 0.497 e. The molecule has 2 aromatic carbocycles. The van der Waals surface area contributed by atoms with E-state index in [1.165, 1.54) is 11.6 Å². The molecule has 5 rings (SSSR count). The van der Waals surface area contributed by atoms with Crippen molar-refractivity contribution in [2.45, 2.75) is 42.5 Å². The number of sulfonamides is 1. The van der Waals surface area contributed by atoms with E-state index in [0.717, 1.165) is 42.3 Å². The third kappa shape index (κ3) is 4.12. The van der Waals surface area contributed by atoms with Gasteiger partial charge in [-0.05, 0) is 73.6 Å². The maximum Gasteiger partial charge on any atom is 0.253 e. The van der Waals surface area contributed by atoms with Gasteiger partial charge in [-0.15, -0.1) is 0 Å². The molecule has 0 unspecified atom stereocenters. The molecule has 3 aromatic rings. The number of benzene rings is 2. The van der Waals surface area contributed by atoms with E-state index in [1.807, 2.05) is 17.0 Å². The second-order valence-electron chi connectivity index (χ2n) is 8.65. The number of aromatic amines is 1. The van der Waals surface area contributed by atoms with Crippen LogP contribution in [-0.2, 0) is 10.0 Å². The first-order chi connectivity index (χ1) is 15.4. The molecule has 1 amide bonds. The lowest BCUT2D eigenvalue weighted by molar-refractivity contribution is 0.0713. The summed E-state index contributed by atoms with van der Waals surface area (Å²) in [5.74, 6) is 1.07. The summed E-state index contributed by atoms with van der Waals surface area (Å²) in [4.78, 5) is 18.4. The van der Waals surface area contributed by atoms with Crippen LogP contribution < -0.4 is 9.46 Å². The fraction of sp³-hybridized carbons (Fsp3) is 0.375. The summed E-state index contributed by atoms with van der Waals surface area (Å²) in [7, 11) is -1.92. The number of hydrogen-bond acceptors (Lipinski definition) is 4. The second-order valence-corrected chi connectivity index (χ2v) is 10.4. The van der Waals surface area contributed by atoms with Gasteiger partial charge in [0.15, 0.2) is 0 Å². The minimum Gasteiger partial charge on any atom is -0.497 e. The van der Waals surface area contributed by atoms with Gasteiger partial charge in [0.1, 0.15) is 5.75 Å². The Morgan fingerprint density at radius 2 is 1.88 bits per heavy atom. The molecule has 0 bridgehead atoms. The second kappa shape index (κ2) is 8.26. The van der Waals surface area contributed by atoms with Gasteiger partial charge in [0.05, 0.1) is 12.0 Å². The van der Waals surface area contributed by atoms with Crippen LogP contribution in [0.4, 0.5) is 0 Å². The fourth-order valence-electron chi connectivity index (χ4n) is 4.45. The maximum atomic E-state index is 13.1. The van der Waals surface area contributed by atoms with Crippen molar-refractivity contribution in [1.82, 2.24) is 14.6 Å². The summed E-state index contributed by atoms with van der Waals surface area (Å²) >= 11 is 0. The Bertz CT molecular complexity index is 1260. The van der Waals surface area contributed by atoms with Crippen LogP contribution in [0.15, 0.2) is 53.6 Å². The predicted octanol–water partition coefficient (Wildman–Crippen LogP) is 3.64. The zero-order valence-electron chi connectivity index (χ0n) is 18.0. The molecule has 2 heterocycles. The third-order valence-electron chi connectivity index (χ3n) is 6.43. The van der Waals surface area contributed by atoms with E-state index < -0.39 is 10.0 Å². The molecule has 1 aliphatic heterocycles. The Balaban J connectivity index is 1.28. The Labute approximate surface area is 187 Å². The van der Waals surface area contributed by atoms with Crippen molar-refractivity contribution < 1.29 is 17.9 Å². The van der Waals surface area contributed by atoms with E-state index in [0.29, 0.717) is 24.6 Å². The van der Waals surface area contributed by atoms with Crippen molar-refractivity contribution in [3.8, 4) is 5.75 Å². The molecule has 2 aliphatic rings. The number of likely N-dealkylation sites (tertiary alicyclic amines) is 1. The first-order valence-corrected chi connectivity index (χ1v) is 12.5. The molecule has 2 fully saturated rings. The molecule has 1 aromatic heterocycles. The number of hydrogen-bond donors (Lipinski definition) is 2. The van der Waals surface area contributed by atoms with Crippen LogP contribution in [0.1, 0.15) is 47.5 Å². The third-order valence-corrected chi connectivity index (χ3v) is 7.95. The van der Waals surface area contributed by atoms with Crippen LogP contribution >= 0.6 is 0 Å². The van der Waals surface area contributed by atoms with Crippen LogP contribution in [0, 0.1) is 0 Å². The highest BCUT2D eigenvalue weighted by Gasteiger charge is 2.29. The summed E-state index contributed by atoms with van der Waals surface area (Å²) in [5, 5.41) is 1.16. The molecule has 1 aliphatic carbocycles. The van der Waals surface area contributed by atoms with Crippen LogP contribution in [0.3, 0.4) is 0 Å². The van der Waals surface area contributed by atoms with Gasteiger partial charge in [-0.1, -0.05) is 6.07 Å². The molecular weight excluding hydrogens is 426 g/mol. The summed E-state index contributed by atoms with van der Waals surface area (Å²) in [6.07, 6.45) is 5.52. The number of piperidine rings is 1. The van der Waals surface area contributed by atoms with Gasteiger partial charge in [-0.3, -0.25) is 4.79 Å². The molecule has 168 valence electrons. The van der Waals surface area contributed by atoms with Crippen molar-refractivity contribution in [2.24, 2.45) is 0 Å². The molecule has 8 heteroatoms. The number of fused-ring (bicyclic) bond motifs is 1. The molecule has 0 atom stereocenters. The smallest absolute Gasteiger partial charge is 0.253 e. The summed E-state index contributed by atoms with van der Waals surface area (Å²) in [6, 6.07) is 12.4. The lowest BCUT2D eigenvalue weighted by atomic mass is 9.89. The van der Waals surface area contributed by atoms with E-state index in [9.17, 15) is 13.2 Å². The van der Waals surface area contributed by atoms with Gasteiger partial charge < -0.3 is 14.6 Å². The van der Waals surface area contributed by atoms with Crippen LogP contribution in [0.5, 0.6) is 5.75 Å². The first-order valence-electron chi connectivity index (χ1n) is 11.0. The van der Waals surface area contributed by atoms with E-state index in [1.54, 1.807) is 25.3 Å². The molecule has 0 spiro atoms. The SMILES string of the molecule is COc1ccc2[nH]cc(C3CCN(C(=O)c4cccc(S(=O)(=O)NC5CC5)c4)CC3)c2c1. The molecular formula is C24H27N3O4S.